The molecule has 56 heavy (non-hydrogen) atoms. The van der Waals surface area contributed by atoms with Crippen LogP contribution >= 0.6 is 0 Å². The third-order valence-corrected chi connectivity index (χ3v) is 12.4. The molecule has 0 amide bonds. The van der Waals surface area contributed by atoms with Gasteiger partial charge in [0.05, 0.1) is 6.61 Å². The molecule has 0 unspecified atom stereocenters. The van der Waals surface area contributed by atoms with E-state index in [1.165, 1.54) is 173 Å². The molecule has 0 aromatic rings. The second kappa shape index (κ2) is 42.1. The molecular formula is C51H98O5. The van der Waals surface area contributed by atoms with Crippen LogP contribution in [0.1, 0.15) is 290 Å². The molecule has 0 aromatic heterocycles. The van der Waals surface area contributed by atoms with Gasteiger partial charge in [-0.3, -0.25) is 14.4 Å². The van der Waals surface area contributed by atoms with E-state index in [0.29, 0.717) is 19.3 Å². The average Bonchev–Trinajstić information content (AvgIpc) is 3.20. The summed E-state index contributed by atoms with van der Waals surface area (Å²) in [6, 6.07) is 0. The number of aliphatic hydroxyl groups excluding tert-OH is 1. The largest absolute Gasteiger partial charge is 0.393 e. The second-order valence-electron chi connectivity index (χ2n) is 17.8. The number of carbonyl (C=O) groups excluding carboxylic acids is 3. The summed E-state index contributed by atoms with van der Waals surface area (Å²) in [5.41, 5.74) is -2.31. The van der Waals surface area contributed by atoms with E-state index in [0.717, 1.165) is 57.8 Å². The normalized spacial score (nSPS) is 12.8. The Labute approximate surface area is 349 Å². The molecule has 0 heterocycles. The van der Waals surface area contributed by atoms with E-state index < -0.39 is 23.9 Å². The quantitative estimate of drug-likeness (QED) is 0.0473. The van der Waals surface area contributed by atoms with Crippen LogP contribution in [0.3, 0.4) is 0 Å². The zero-order chi connectivity index (χ0) is 41.2. The van der Waals surface area contributed by atoms with Crippen LogP contribution in [0, 0.1) is 5.92 Å². The molecule has 5 heteroatoms. The zero-order valence-corrected chi connectivity index (χ0v) is 38.1. The third kappa shape index (κ3) is 31.9. The molecule has 0 bridgehead atoms. The highest BCUT2D eigenvalue weighted by atomic mass is 16.3. The van der Waals surface area contributed by atoms with Crippen LogP contribution < -0.4 is 0 Å². The fourth-order valence-corrected chi connectivity index (χ4v) is 8.50. The predicted octanol–water partition coefficient (Wildman–Crippen LogP) is 15.5. The van der Waals surface area contributed by atoms with Crippen molar-refractivity contribution in [3.8, 4) is 0 Å². The Morgan fingerprint density at radius 1 is 0.339 bits per heavy atom. The number of hydrogen-bond donors (Lipinski definition) is 2. The van der Waals surface area contributed by atoms with Crippen molar-refractivity contribution in [2.45, 2.75) is 296 Å². The molecule has 2 N–H and O–H groups in total. The van der Waals surface area contributed by atoms with Crippen LogP contribution in [-0.4, -0.2) is 39.8 Å². The first-order valence-corrected chi connectivity index (χ1v) is 25.3. The van der Waals surface area contributed by atoms with Crippen LogP contribution in [0.15, 0.2) is 0 Å². The van der Waals surface area contributed by atoms with Crippen LogP contribution in [0.5, 0.6) is 0 Å². The first kappa shape index (κ1) is 54.9. The van der Waals surface area contributed by atoms with Crippen molar-refractivity contribution in [2.24, 2.45) is 5.92 Å². The van der Waals surface area contributed by atoms with Crippen LogP contribution in [0.25, 0.3) is 0 Å². The van der Waals surface area contributed by atoms with E-state index in [1.54, 1.807) is 0 Å². The minimum absolute atomic E-state index is 0.101. The van der Waals surface area contributed by atoms with Crippen molar-refractivity contribution in [3.63, 3.8) is 0 Å². The molecule has 332 valence electrons. The first-order valence-electron chi connectivity index (χ1n) is 25.3. The molecule has 0 rings (SSSR count). The van der Waals surface area contributed by atoms with Gasteiger partial charge in [0.15, 0.2) is 11.4 Å². The van der Waals surface area contributed by atoms with E-state index in [4.69, 9.17) is 0 Å². The van der Waals surface area contributed by atoms with Crippen LogP contribution in [0.4, 0.5) is 0 Å². The molecule has 0 aliphatic carbocycles. The van der Waals surface area contributed by atoms with Gasteiger partial charge in [-0.25, -0.2) is 0 Å². The molecule has 0 spiro atoms. The Bertz CT molecular complexity index is 828. The van der Waals surface area contributed by atoms with E-state index in [-0.39, 0.29) is 30.8 Å². The number of hydrogen-bond acceptors (Lipinski definition) is 5. The summed E-state index contributed by atoms with van der Waals surface area (Å²) in [5, 5.41) is 22.1. The van der Waals surface area contributed by atoms with Crippen molar-refractivity contribution in [1.29, 1.82) is 0 Å². The summed E-state index contributed by atoms with van der Waals surface area (Å²) in [6.07, 6.45) is 47.3. The van der Waals surface area contributed by atoms with Gasteiger partial charge in [0.25, 0.3) is 0 Å². The fraction of sp³-hybridized carbons (Fsp3) is 0.941. The topological polar surface area (TPSA) is 91.7 Å². The highest BCUT2D eigenvalue weighted by Gasteiger charge is 2.49. The highest BCUT2D eigenvalue weighted by Crippen LogP contribution is 2.28. The maximum absolute atomic E-state index is 13.7. The van der Waals surface area contributed by atoms with Gasteiger partial charge in [0.2, 0.25) is 0 Å². The van der Waals surface area contributed by atoms with E-state index in [9.17, 15) is 24.6 Å². The lowest BCUT2D eigenvalue weighted by Gasteiger charge is -2.32. The molecular weight excluding hydrogens is 693 g/mol. The molecule has 0 aromatic carbocycles. The Morgan fingerprint density at radius 3 is 0.750 bits per heavy atom. The summed E-state index contributed by atoms with van der Waals surface area (Å²) in [5.74, 6) is -2.70. The fourth-order valence-electron chi connectivity index (χ4n) is 8.50. The first-order chi connectivity index (χ1) is 27.4. The van der Waals surface area contributed by atoms with Crippen LogP contribution in [0.2, 0.25) is 0 Å². The Balaban J connectivity index is 4.78. The van der Waals surface area contributed by atoms with E-state index in [2.05, 4.69) is 20.8 Å². The van der Waals surface area contributed by atoms with E-state index in [1.807, 2.05) is 0 Å². The molecule has 5 nitrogen and oxygen atoms in total. The Kier molecular flexibility index (Phi) is 41.3. The summed E-state index contributed by atoms with van der Waals surface area (Å²) >= 11 is 0. The second-order valence-corrected chi connectivity index (χ2v) is 17.8. The van der Waals surface area contributed by atoms with Crippen molar-refractivity contribution < 1.29 is 24.6 Å². The summed E-state index contributed by atoms with van der Waals surface area (Å²) in [6.45, 7) is 5.90. The van der Waals surface area contributed by atoms with Gasteiger partial charge in [-0.05, 0) is 19.3 Å². The van der Waals surface area contributed by atoms with Crippen molar-refractivity contribution >= 4 is 17.3 Å². The number of rotatable bonds is 47. The maximum Gasteiger partial charge on any atom is 0.167 e. The lowest BCUT2D eigenvalue weighted by molar-refractivity contribution is -0.162. The third-order valence-electron chi connectivity index (χ3n) is 12.4. The summed E-state index contributed by atoms with van der Waals surface area (Å²) in [7, 11) is 0. The summed E-state index contributed by atoms with van der Waals surface area (Å²) in [4.78, 5) is 40.9. The Hall–Kier alpha value is -1.07. The van der Waals surface area contributed by atoms with Gasteiger partial charge in [-0.2, -0.15) is 0 Å². The molecule has 0 aliphatic heterocycles. The molecule has 0 radical (unpaired) electrons. The van der Waals surface area contributed by atoms with Gasteiger partial charge in [0.1, 0.15) is 17.5 Å². The number of ketones is 3. The molecule has 1 atom stereocenters. The highest BCUT2D eigenvalue weighted by molar-refractivity contribution is 6.09. The summed E-state index contributed by atoms with van der Waals surface area (Å²) < 4.78 is 0. The average molecular weight is 791 g/mol. The number of carbonyl (C=O) groups is 3. The monoisotopic (exact) mass is 791 g/mol. The predicted molar refractivity (Wildman–Crippen MR) is 241 cm³/mol. The molecule has 0 aliphatic rings. The minimum Gasteiger partial charge on any atom is -0.393 e. The van der Waals surface area contributed by atoms with Gasteiger partial charge < -0.3 is 10.2 Å². The molecule has 0 fully saturated rings. The zero-order valence-electron chi connectivity index (χ0n) is 38.1. The van der Waals surface area contributed by atoms with Gasteiger partial charge in [-0.1, -0.05) is 252 Å². The van der Waals surface area contributed by atoms with Crippen molar-refractivity contribution in [1.82, 2.24) is 0 Å². The Morgan fingerprint density at radius 2 is 0.536 bits per heavy atom. The number of aliphatic hydroxyl groups is 2. The number of unbranched alkanes of at least 4 members (excludes halogenated alkanes) is 36. The van der Waals surface area contributed by atoms with Gasteiger partial charge >= 0.3 is 0 Å². The lowest BCUT2D eigenvalue weighted by Crippen LogP contribution is -2.55. The van der Waals surface area contributed by atoms with E-state index >= 15 is 0 Å². The van der Waals surface area contributed by atoms with Crippen molar-refractivity contribution in [2.75, 3.05) is 6.61 Å². The van der Waals surface area contributed by atoms with Crippen molar-refractivity contribution in [3.05, 3.63) is 0 Å². The minimum atomic E-state index is -2.31. The van der Waals surface area contributed by atoms with Gasteiger partial charge in [0, 0.05) is 19.3 Å². The van der Waals surface area contributed by atoms with Gasteiger partial charge in [-0.15, -0.1) is 0 Å². The standard InChI is InChI=1S/C51H98O5/c1-4-7-10-13-16-19-22-25-28-31-34-37-40-43-47(53)50(48(54)44-41-38-35-32-29-26-23-20-17-14-11-8-5-2)51(56,46-52)49(55)45-42-39-36-33-30-27-24-21-18-15-12-9-6-3/h50,52,56H,4-46H2,1-3H3/t51-/m0/s1. The maximum atomic E-state index is 13.7. The number of Topliss-reactive ketones (excluding diaryl/α,β-unsaturated/α-hetero) is 3. The lowest BCUT2D eigenvalue weighted by atomic mass is 9.75. The SMILES string of the molecule is CCCCCCCCCCCCCCCC(=O)C(C(=O)CCCCCCCCCCCCCCC)[C@](O)(CO)C(=O)CCCCCCCCCCCCCCC. The molecule has 0 saturated carbocycles. The smallest absolute Gasteiger partial charge is 0.167 e. The van der Waals surface area contributed by atoms with Crippen LogP contribution in [-0.2, 0) is 14.4 Å². The molecule has 0 saturated heterocycles.